The molecule has 10 nitrogen and oxygen atoms in total. The second kappa shape index (κ2) is 10.7. The van der Waals surface area contributed by atoms with Crippen molar-refractivity contribution >= 4 is 10.0 Å². The Morgan fingerprint density at radius 3 is 2.43 bits per heavy atom. The molecule has 0 fully saturated rings. The summed E-state index contributed by atoms with van der Waals surface area (Å²) >= 11 is 0. The minimum absolute atomic E-state index is 0.0782. The lowest BCUT2D eigenvalue weighted by Crippen LogP contribution is -2.49. The molecule has 0 bridgehead atoms. The van der Waals surface area contributed by atoms with Crippen LogP contribution in [0.25, 0.3) is 11.1 Å². The van der Waals surface area contributed by atoms with Gasteiger partial charge in [0.1, 0.15) is 29.4 Å². The first-order valence-corrected chi connectivity index (χ1v) is 12.8. The zero-order chi connectivity index (χ0) is 25.0. The second-order valence-electron chi connectivity index (χ2n) is 8.97. The molecule has 0 unspecified atom stereocenters. The number of rotatable bonds is 7. The number of hydrogen-bond donors (Lipinski definition) is 1. The van der Waals surface area contributed by atoms with Crippen LogP contribution in [0.5, 0.6) is 5.75 Å². The van der Waals surface area contributed by atoms with E-state index in [2.05, 4.69) is 24.8 Å². The fourth-order valence-corrected chi connectivity index (χ4v) is 5.99. The molecule has 1 aliphatic rings. The monoisotopic (exact) mass is 498 g/mol. The summed E-state index contributed by atoms with van der Waals surface area (Å²) in [6.07, 6.45) is 9.50. The number of hydrogen-bond acceptors (Lipinski definition) is 9. The molecular formula is C24H30N6O4S. The van der Waals surface area contributed by atoms with E-state index in [9.17, 15) is 13.5 Å². The average molecular weight is 499 g/mol. The molecular weight excluding hydrogens is 468 g/mol. The lowest BCUT2D eigenvalue weighted by Gasteiger charge is -2.37. The third-order valence-electron chi connectivity index (χ3n) is 6.12. The predicted octanol–water partition coefficient (Wildman–Crippen LogP) is 1.83. The van der Waals surface area contributed by atoms with Gasteiger partial charge in [-0.05, 0) is 31.7 Å². The number of aromatic nitrogens is 4. The number of ether oxygens (including phenoxy) is 1. The van der Waals surface area contributed by atoms with E-state index < -0.39 is 16.1 Å². The van der Waals surface area contributed by atoms with Crippen molar-refractivity contribution < 1.29 is 18.3 Å². The molecule has 0 amide bonds. The van der Waals surface area contributed by atoms with E-state index in [0.29, 0.717) is 13.1 Å². The Morgan fingerprint density at radius 2 is 1.77 bits per heavy atom. The number of fused-ring (bicyclic) bond motifs is 1. The van der Waals surface area contributed by atoms with Gasteiger partial charge >= 0.3 is 0 Å². The lowest BCUT2D eigenvalue weighted by atomic mass is 10.0. The molecule has 0 saturated heterocycles. The number of aliphatic hydroxyl groups excluding tert-OH is 1. The van der Waals surface area contributed by atoms with Crippen molar-refractivity contribution in [3.05, 3.63) is 61.2 Å². The molecule has 0 saturated carbocycles. The number of likely N-dealkylation sites (N-methyl/N-ethyl adjacent to an activating group) is 1. The molecule has 186 valence electrons. The maximum Gasteiger partial charge on any atom is 0.247 e. The van der Waals surface area contributed by atoms with Crippen LogP contribution < -0.4 is 4.74 Å². The second-order valence-corrected chi connectivity index (χ2v) is 10.8. The highest BCUT2D eigenvalue weighted by atomic mass is 32.2. The first-order chi connectivity index (χ1) is 16.8. The van der Waals surface area contributed by atoms with Crippen LogP contribution in [-0.4, -0.2) is 81.6 Å². The molecule has 11 heteroatoms. The van der Waals surface area contributed by atoms with Crippen LogP contribution in [-0.2, 0) is 16.6 Å². The van der Waals surface area contributed by atoms with Gasteiger partial charge < -0.3 is 9.84 Å². The van der Waals surface area contributed by atoms with Gasteiger partial charge in [0.15, 0.2) is 0 Å². The fraction of sp³-hybridized carbons (Fsp3) is 0.417. The standard InChI is InChI=1S/C24H30N6O4S/c1-17-11-30(18(2)14-31)35(32,33)24-5-4-20(21-9-27-16-28-10-21)6-22(24)34-23(17)13-29(3)12-19-7-25-15-26-8-19/h4-10,15-18,23,31H,11-14H2,1-3H3/t17-,18+,23-/m1/s1. The van der Waals surface area contributed by atoms with Gasteiger partial charge in [-0.1, -0.05) is 13.0 Å². The number of sulfonamides is 1. The molecule has 2 aromatic heterocycles. The molecule has 4 rings (SSSR count). The van der Waals surface area contributed by atoms with E-state index in [0.717, 1.165) is 16.7 Å². The molecule has 1 aliphatic heterocycles. The quantitative estimate of drug-likeness (QED) is 0.520. The van der Waals surface area contributed by atoms with Gasteiger partial charge in [0.25, 0.3) is 0 Å². The lowest BCUT2D eigenvalue weighted by molar-refractivity contribution is 0.0733. The highest BCUT2D eigenvalue weighted by Gasteiger charge is 2.38. The maximum absolute atomic E-state index is 13.6. The van der Waals surface area contributed by atoms with Crippen molar-refractivity contribution in [1.82, 2.24) is 29.1 Å². The minimum Gasteiger partial charge on any atom is -0.487 e. The summed E-state index contributed by atoms with van der Waals surface area (Å²) in [6, 6.07) is 4.43. The molecule has 0 radical (unpaired) electrons. The molecule has 1 N–H and O–H groups in total. The highest BCUT2D eigenvalue weighted by Crippen LogP contribution is 2.36. The van der Waals surface area contributed by atoms with Crippen molar-refractivity contribution in [2.45, 2.75) is 37.4 Å². The average Bonchev–Trinajstić information content (AvgIpc) is 2.86. The Balaban J connectivity index is 1.72. The molecule has 1 aromatic carbocycles. The summed E-state index contributed by atoms with van der Waals surface area (Å²) in [6.45, 7) is 4.80. The van der Waals surface area contributed by atoms with Gasteiger partial charge in [-0.25, -0.2) is 28.4 Å². The molecule has 3 atom stereocenters. The van der Waals surface area contributed by atoms with Crippen LogP contribution in [0.4, 0.5) is 0 Å². The van der Waals surface area contributed by atoms with E-state index in [1.165, 1.54) is 17.0 Å². The number of aliphatic hydroxyl groups is 1. The van der Waals surface area contributed by atoms with Crippen LogP contribution in [0.3, 0.4) is 0 Å². The Morgan fingerprint density at radius 1 is 1.11 bits per heavy atom. The zero-order valence-corrected chi connectivity index (χ0v) is 20.8. The SMILES string of the molecule is C[C@@H]1CN([C@@H](C)CO)S(=O)(=O)c2ccc(-c3cncnc3)cc2O[C@@H]1CN(C)Cc1cncnc1. The van der Waals surface area contributed by atoms with Crippen molar-refractivity contribution in [3.63, 3.8) is 0 Å². The Bertz CT molecular complexity index is 1230. The first-order valence-electron chi connectivity index (χ1n) is 11.4. The van der Waals surface area contributed by atoms with Crippen molar-refractivity contribution in [1.29, 1.82) is 0 Å². The Kier molecular flexibility index (Phi) is 7.70. The number of benzene rings is 1. The van der Waals surface area contributed by atoms with Crippen LogP contribution >= 0.6 is 0 Å². The molecule has 35 heavy (non-hydrogen) atoms. The zero-order valence-electron chi connectivity index (χ0n) is 20.0. The summed E-state index contributed by atoms with van der Waals surface area (Å²) < 4.78 is 35.1. The fourth-order valence-electron chi connectivity index (χ4n) is 4.17. The Labute approximate surface area is 205 Å². The molecule has 3 heterocycles. The van der Waals surface area contributed by atoms with Gasteiger partial charge in [0, 0.05) is 67.5 Å². The third-order valence-corrected chi connectivity index (χ3v) is 8.14. The molecule has 0 aliphatic carbocycles. The van der Waals surface area contributed by atoms with Crippen LogP contribution in [0.1, 0.15) is 19.4 Å². The predicted molar refractivity (Wildman–Crippen MR) is 130 cm³/mol. The number of nitrogens with zero attached hydrogens (tertiary/aromatic N) is 6. The van der Waals surface area contributed by atoms with Gasteiger partial charge in [-0.15, -0.1) is 0 Å². The summed E-state index contributed by atoms with van der Waals surface area (Å²) in [5, 5.41) is 9.81. The van der Waals surface area contributed by atoms with Gasteiger partial charge in [-0.2, -0.15) is 4.31 Å². The van der Waals surface area contributed by atoms with E-state index in [4.69, 9.17) is 4.74 Å². The summed E-state index contributed by atoms with van der Waals surface area (Å²) in [5.74, 6) is 0.125. The summed E-state index contributed by atoms with van der Waals surface area (Å²) in [7, 11) is -1.92. The van der Waals surface area contributed by atoms with E-state index in [-0.39, 0.29) is 35.8 Å². The largest absolute Gasteiger partial charge is 0.487 e. The highest BCUT2D eigenvalue weighted by molar-refractivity contribution is 7.89. The Hall–Kier alpha value is -2.99. The first kappa shape index (κ1) is 25.1. The smallest absolute Gasteiger partial charge is 0.247 e. The third kappa shape index (κ3) is 5.64. The minimum atomic E-state index is -3.90. The van der Waals surface area contributed by atoms with Gasteiger partial charge in [0.05, 0.1) is 6.61 Å². The van der Waals surface area contributed by atoms with Crippen LogP contribution in [0, 0.1) is 5.92 Å². The molecule has 3 aromatic rings. The van der Waals surface area contributed by atoms with Crippen molar-refractivity contribution in [2.75, 3.05) is 26.7 Å². The van der Waals surface area contributed by atoms with Crippen LogP contribution in [0.2, 0.25) is 0 Å². The van der Waals surface area contributed by atoms with Crippen molar-refractivity contribution in [3.8, 4) is 16.9 Å². The normalized spacial score (nSPS) is 20.9. The van der Waals surface area contributed by atoms with Gasteiger partial charge in [0.2, 0.25) is 10.0 Å². The summed E-state index contributed by atoms with van der Waals surface area (Å²) in [4.78, 5) is 18.5. The molecule has 0 spiro atoms. The van der Waals surface area contributed by atoms with Crippen molar-refractivity contribution in [2.24, 2.45) is 5.92 Å². The topological polar surface area (TPSA) is 122 Å². The van der Waals surface area contributed by atoms with Gasteiger partial charge in [-0.3, -0.25) is 4.90 Å². The summed E-state index contributed by atoms with van der Waals surface area (Å²) in [5.41, 5.74) is 2.48. The van der Waals surface area contributed by atoms with E-state index >= 15 is 0 Å². The van der Waals surface area contributed by atoms with Crippen LogP contribution in [0.15, 0.2) is 60.5 Å². The van der Waals surface area contributed by atoms with E-state index in [1.807, 2.05) is 14.0 Å². The van der Waals surface area contributed by atoms with E-state index in [1.54, 1.807) is 49.9 Å². The maximum atomic E-state index is 13.6.